The molecule has 1 saturated heterocycles. The van der Waals surface area contributed by atoms with E-state index < -0.39 is 11.5 Å². The van der Waals surface area contributed by atoms with E-state index in [1.165, 1.54) is 4.90 Å². The molecule has 0 spiro atoms. The van der Waals surface area contributed by atoms with Gasteiger partial charge < -0.3 is 15.3 Å². The van der Waals surface area contributed by atoms with Crippen molar-refractivity contribution in [1.29, 1.82) is 0 Å². The van der Waals surface area contributed by atoms with E-state index in [0.717, 1.165) is 6.42 Å². The van der Waals surface area contributed by atoms with Crippen molar-refractivity contribution in [2.45, 2.75) is 38.1 Å². The summed E-state index contributed by atoms with van der Waals surface area (Å²) < 4.78 is 0. The van der Waals surface area contributed by atoms with Crippen molar-refractivity contribution in [3.8, 4) is 0 Å². The number of urea groups is 1. The second kappa shape index (κ2) is 6.09. The van der Waals surface area contributed by atoms with Gasteiger partial charge in [-0.25, -0.2) is 9.59 Å². The van der Waals surface area contributed by atoms with Crippen LogP contribution in [0.4, 0.5) is 4.79 Å². The van der Waals surface area contributed by atoms with Gasteiger partial charge in [0.05, 0.1) is 6.54 Å². The van der Waals surface area contributed by atoms with Crippen LogP contribution in [-0.2, 0) is 4.79 Å². The first-order valence-corrected chi connectivity index (χ1v) is 6.44. The molecule has 0 radical (unpaired) electrons. The summed E-state index contributed by atoms with van der Waals surface area (Å²) in [6.07, 6.45) is 2.41. The van der Waals surface area contributed by atoms with Crippen LogP contribution in [-0.4, -0.2) is 40.6 Å². The Balaban J connectivity index is 2.81. The van der Waals surface area contributed by atoms with E-state index in [1.54, 1.807) is 0 Å². The van der Waals surface area contributed by atoms with Crippen LogP contribution in [0.2, 0.25) is 0 Å². The third kappa shape index (κ3) is 2.96. The maximum Gasteiger partial charge on any atom is 0.329 e. The van der Waals surface area contributed by atoms with Crippen molar-refractivity contribution in [3.63, 3.8) is 0 Å². The van der Waals surface area contributed by atoms with Gasteiger partial charge in [0.2, 0.25) is 0 Å². The highest BCUT2D eigenvalue weighted by Crippen LogP contribution is 2.34. The maximum absolute atomic E-state index is 12.0. The van der Waals surface area contributed by atoms with Gasteiger partial charge >= 0.3 is 12.0 Å². The molecule has 102 valence electrons. The highest BCUT2D eigenvalue weighted by molar-refractivity contribution is 6.29. The zero-order valence-electron chi connectivity index (χ0n) is 10.5. The molecule has 1 atom stereocenters. The largest absolute Gasteiger partial charge is 0.479 e. The third-order valence-corrected chi connectivity index (χ3v) is 3.36. The Morgan fingerprint density at radius 2 is 2.22 bits per heavy atom. The summed E-state index contributed by atoms with van der Waals surface area (Å²) in [4.78, 5) is 24.9. The van der Waals surface area contributed by atoms with Gasteiger partial charge in [-0.1, -0.05) is 31.5 Å². The topological polar surface area (TPSA) is 69.6 Å². The molecule has 0 saturated carbocycles. The summed E-state index contributed by atoms with van der Waals surface area (Å²) in [6.45, 7) is 6.01. The molecule has 0 aromatic carbocycles. The minimum absolute atomic E-state index is 0.152. The molecular weight excluding hydrogens is 256 g/mol. The third-order valence-electron chi connectivity index (χ3n) is 3.23. The Hall–Kier alpha value is -1.23. The maximum atomic E-state index is 12.0. The molecule has 0 aromatic heterocycles. The number of nitrogens with one attached hydrogen (secondary N) is 1. The molecular formula is C12H19ClN2O3. The van der Waals surface area contributed by atoms with Gasteiger partial charge in [-0.2, -0.15) is 0 Å². The molecule has 1 rings (SSSR count). The summed E-state index contributed by atoms with van der Waals surface area (Å²) in [5.41, 5.74) is -1.06. The van der Waals surface area contributed by atoms with E-state index in [9.17, 15) is 14.7 Å². The van der Waals surface area contributed by atoms with E-state index in [-0.39, 0.29) is 12.6 Å². The average Bonchev–Trinajstić information content (AvgIpc) is 2.71. The van der Waals surface area contributed by atoms with Crippen LogP contribution < -0.4 is 5.32 Å². The monoisotopic (exact) mass is 274 g/mol. The van der Waals surface area contributed by atoms with E-state index in [2.05, 4.69) is 11.9 Å². The number of likely N-dealkylation sites (tertiary alicyclic amines) is 1. The Morgan fingerprint density at radius 3 is 2.72 bits per heavy atom. The average molecular weight is 275 g/mol. The first-order chi connectivity index (χ1) is 8.44. The van der Waals surface area contributed by atoms with Crippen LogP contribution in [0.25, 0.3) is 0 Å². The summed E-state index contributed by atoms with van der Waals surface area (Å²) in [6, 6.07) is -0.384. The highest BCUT2D eigenvalue weighted by Gasteiger charge is 2.49. The number of carbonyl (C=O) groups is 2. The van der Waals surface area contributed by atoms with E-state index in [1.807, 2.05) is 6.92 Å². The fourth-order valence-corrected chi connectivity index (χ4v) is 2.51. The lowest BCUT2D eigenvalue weighted by Gasteiger charge is -2.34. The van der Waals surface area contributed by atoms with Crippen LogP contribution in [0.1, 0.15) is 32.6 Å². The fourth-order valence-electron chi connectivity index (χ4n) is 2.44. The molecule has 0 aromatic rings. The second-order valence-electron chi connectivity index (χ2n) is 4.52. The van der Waals surface area contributed by atoms with Gasteiger partial charge in [0, 0.05) is 11.6 Å². The van der Waals surface area contributed by atoms with Crippen molar-refractivity contribution in [3.05, 3.63) is 11.6 Å². The predicted octanol–water partition coefficient (Wildman–Crippen LogP) is 2.17. The molecule has 18 heavy (non-hydrogen) atoms. The molecule has 5 nitrogen and oxygen atoms in total. The predicted molar refractivity (Wildman–Crippen MR) is 69.6 cm³/mol. The van der Waals surface area contributed by atoms with Crippen LogP contribution >= 0.6 is 11.6 Å². The number of halogens is 1. The van der Waals surface area contributed by atoms with Crippen molar-refractivity contribution in [2.75, 3.05) is 13.1 Å². The minimum Gasteiger partial charge on any atom is -0.479 e. The van der Waals surface area contributed by atoms with E-state index >= 15 is 0 Å². The lowest BCUT2D eigenvalue weighted by atomic mass is 9.91. The first kappa shape index (κ1) is 14.8. The number of hydrogen-bond donors (Lipinski definition) is 2. The van der Waals surface area contributed by atoms with Gasteiger partial charge in [-0.15, -0.1) is 0 Å². The molecule has 1 unspecified atom stereocenters. The number of rotatable bonds is 5. The highest BCUT2D eigenvalue weighted by atomic mass is 35.5. The summed E-state index contributed by atoms with van der Waals surface area (Å²) in [5.74, 6) is -0.929. The summed E-state index contributed by atoms with van der Waals surface area (Å²) in [7, 11) is 0. The fraction of sp³-hybridized carbons (Fsp3) is 0.667. The molecule has 1 heterocycles. The molecule has 1 aliphatic heterocycles. The van der Waals surface area contributed by atoms with E-state index in [4.69, 9.17) is 11.6 Å². The van der Waals surface area contributed by atoms with Crippen molar-refractivity contribution < 1.29 is 14.7 Å². The zero-order valence-corrected chi connectivity index (χ0v) is 11.3. The molecule has 1 fully saturated rings. The summed E-state index contributed by atoms with van der Waals surface area (Å²) >= 11 is 5.58. The van der Waals surface area contributed by atoms with Crippen LogP contribution in [0, 0.1) is 0 Å². The zero-order chi connectivity index (χ0) is 13.8. The van der Waals surface area contributed by atoms with E-state index in [0.29, 0.717) is 30.8 Å². The van der Waals surface area contributed by atoms with Crippen molar-refractivity contribution in [2.24, 2.45) is 0 Å². The van der Waals surface area contributed by atoms with Crippen LogP contribution in [0.5, 0.6) is 0 Å². The smallest absolute Gasteiger partial charge is 0.329 e. The molecule has 0 bridgehead atoms. The van der Waals surface area contributed by atoms with Crippen LogP contribution in [0.15, 0.2) is 11.6 Å². The molecule has 6 heteroatoms. The Bertz CT molecular complexity index is 359. The Labute approximate surface area is 112 Å². The molecule has 2 N–H and O–H groups in total. The van der Waals surface area contributed by atoms with Crippen LogP contribution in [0.3, 0.4) is 0 Å². The van der Waals surface area contributed by atoms with Gasteiger partial charge in [-0.3, -0.25) is 0 Å². The van der Waals surface area contributed by atoms with Gasteiger partial charge in [0.25, 0.3) is 0 Å². The van der Waals surface area contributed by atoms with Gasteiger partial charge in [0.1, 0.15) is 5.54 Å². The number of carboxylic acid groups (broad SMARTS) is 1. The molecule has 0 aliphatic carbocycles. The quantitative estimate of drug-likeness (QED) is 0.807. The van der Waals surface area contributed by atoms with Crippen molar-refractivity contribution >= 4 is 23.6 Å². The number of hydrogen-bond acceptors (Lipinski definition) is 2. The number of carbonyl (C=O) groups excluding carboxylic acids is 1. The lowest BCUT2D eigenvalue weighted by molar-refractivity contribution is -0.148. The minimum atomic E-state index is -1.06. The standard InChI is InChI=1S/C12H19ClN2O3/c1-3-5-12(10(16)17)6-4-7-15(12)11(18)14-8-9(2)13/h2-8H2,1H3,(H,14,18)(H,16,17). The van der Waals surface area contributed by atoms with Gasteiger partial charge in [0.15, 0.2) is 0 Å². The van der Waals surface area contributed by atoms with Gasteiger partial charge in [-0.05, 0) is 19.3 Å². The normalized spacial score (nSPS) is 22.9. The second-order valence-corrected chi connectivity index (χ2v) is 5.05. The number of aliphatic carboxylic acids is 1. The van der Waals surface area contributed by atoms with Crippen molar-refractivity contribution in [1.82, 2.24) is 10.2 Å². The number of amides is 2. The molecule has 2 amide bonds. The Morgan fingerprint density at radius 1 is 1.56 bits per heavy atom. The number of nitrogens with zero attached hydrogens (tertiary/aromatic N) is 1. The molecule has 1 aliphatic rings. The Kier molecular flexibility index (Phi) is 5.02. The number of carboxylic acids is 1. The summed E-state index contributed by atoms with van der Waals surface area (Å²) in [5, 5.41) is 12.3. The first-order valence-electron chi connectivity index (χ1n) is 6.06. The SMILES string of the molecule is C=C(Cl)CNC(=O)N1CCCC1(CCC)C(=O)O. The lowest BCUT2D eigenvalue weighted by Crippen LogP contribution is -2.56.